The molecule has 1 fully saturated rings. The predicted molar refractivity (Wildman–Crippen MR) is 53.2 cm³/mol. The van der Waals surface area contributed by atoms with E-state index in [4.69, 9.17) is 11.6 Å². The van der Waals surface area contributed by atoms with E-state index in [9.17, 15) is 0 Å². The molecule has 0 spiro atoms. The average Bonchev–Trinajstić information content (AvgIpc) is 2.56. The Morgan fingerprint density at radius 1 is 1.67 bits per heavy atom. The Morgan fingerprint density at radius 2 is 2.58 bits per heavy atom. The maximum Gasteiger partial charge on any atom is 0.185 e. The van der Waals surface area contributed by atoms with Gasteiger partial charge in [0.15, 0.2) is 5.13 Å². The highest BCUT2D eigenvalue weighted by Gasteiger charge is 2.18. The van der Waals surface area contributed by atoms with Crippen molar-refractivity contribution in [3.63, 3.8) is 0 Å². The van der Waals surface area contributed by atoms with Crippen LogP contribution < -0.4 is 4.90 Å². The molecule has 12 heavy (non-hydrogen) atoms. The van der Waals surface area contributed by atoms with Gasteiger partial charge in [0.25, 0.3) is 0 Å². The molecule has 1 aromatic rings. The molecular formula is C8H11ClN2S. The van der Waals surface area contributed by atoms with Gasteiger partial charge in [-0.1, -0.05) is 0 Å². The van der Waals surface area contributed by atoms with Crippen LogP contribution >= 0.6 is 22.9 Å². The van der Waals surface area contributed by atoms with Gasteiger partial charge in [0, 0.05) is 24.7 Å². The van der Waals surface area contributed by atoms with E-state index in [1.807, 2.05) is 11.6 Å². The van der Waals surface area contributed by atoms with Gasteiger partial charge in [0.2, 0.25) is 0 Å². The Morgan fingerprint density at radius 3 is 3.25 bits per heavy atom. The van der Waals surface area contributed by atoms with Gasteiger partial charge in [-0.2, -0.15) is 0 Å². The third-order valence-corrected chi connectivity index (χ3v) is 3.24. The number of halogens is 1. The second kappa shape index (κ2) is 3.62. The molecule has 0 radical (unpaired) electrons. The Balaban J connectivity index is 2.04. The van der Waals surface area contributed by atoms with Gasteiger partial charge in [-0.25, -0.2) is 4.98 Å². The molecule has 0 amide bonds. The Kier molecular flexibility index (Phi) is 2.51. The van der Waals surface area contributed by atoms with Gasteiger partial charge in [0.05, 0.1) is 5.38 Å². The topological polar surface area (TPSA) is 16.1 Å². The summed E-state index contributed by atoms with van der Waals surface area (Å²) in [5.41, 5.74) is 0. The number of anilines is 1. The maximum absolute atomic E-state index is 6.06. The fourth-order valence-electron chi connectivity index (χ4n) is 1.47. The summed E-state index contributed by atoms with van der Waals surface area (Å²) in [5.74, 6) is 0. The highest BCUT2D eigenvalue weighted by atomic mass is 35.5. The minimum absolute atomic E-state index is 0.308. The lowest BCUT2D eigenvalue weighted by atomic mass is 10.1. The largest absolute Gasteiger partial charge is 0.347 e. The van der Waals surface area contributed by atoms with Gasteiger partial charge in [-0.05, 0) is 12.8 Å². The number of nitrogens with zero attached hydrogens (tertiary/aromatic N) is 2. The van der Waals surface area contributed by atoms with Crippen molar-refractivity contribution in [1.29, 1.82) is 0 Å². The number of thiazole rings is 1. The molecule has 1 unspecified atom stereocenters. The van der Waals surface area contributed by atoms with Crippen molar-refractivity contribution in [3.05, 3.63) is 11.6 Å². The van der Waals surface area contributed by atoms with Crippen molar-refractivity contribution in [3.8, 4) is 0 Å². The molecule has 0 aliphatic carbocycles. The zero-order valence-electron chi connectivity index (χ0n) is 6.74. The van der Waals surface area contributed by atoms with Gasteiger partial charge in [-0.15, -0.1) is 22.9 Å². The fraction of sp³-hybridized carbons (Fsp3) is 0.625. The summed E-state index contributed by atoms with van der Waals surface area (Å²) in [6.45, 7) is 2.06. The Labute approximate surface area is 81.2 Å². The minimum atomic E-state index is 0.308. The van der Waals surface area contributed by atoms with E-state index in [0.29, 0.717) is 5.38 Å². The van der Waals surface area contributed by atoms with Crippen LogP contribution in [0.25, 0.3) is 0 Å². The molecule has 1 aromatic heterocycles. The SMILES string of the molecule is ClC1CCCN(c2nccs2)C1. The number of hydrogen-bond donors (Lipinski definition) is 0. The predicted octanol–water partition coefficient (Wildman–Crippen LogP) is 2.35. The molecule has 0 saturated carbocycles. The van der Waals surface area contributed by atoms with E-state index in [1.54, 1.807) is 11.3 Å². The quantitative estimate of drug-likeness (QED) is 0.650. The first-order chi connectivity index (χ1) is 5.86. The van der Waals surface area contributed by atoms with Crippen LogP contribution in [0.1, 0.15) is 12.8 Å². The highest BCUT2D eigenvalue weighted by molar-refractivity contribution is 7.13. The van der Waals surface area contributed by atoms with E-state index in [1.165, 1.54) is 6.42 Å². The van der Waals surface area contributed by atoms with Crippen LogP contribution in [0.4, 0.5) is 5.13 Å². The summed E-state index contributed by atoms with van der Waals surface area (Å²) in [5, 5.41) is 3.43. The lowest BCUT2D eigenvalue weighted by molar-refractivity contribution is 0.583. The highest BCUT2D eigenvalue weighted by Crippen LogP contribution is 2.23. The van der Waals surface area contributed by atoms with Gasteiger partial charge in [0.1, 0.15) is 0 Å². The van der Waals surface area contributed by atoms with Crippen molar-refractivity contribution in [1.82, 2.24) is 4.98 Å². The zero-order chi connectivity index (χ0) is 8.39. The van der Waals surface area contributed by atoms with Crippen LogP contribution in [-0.2, 0) is 0 Å². The zero-order valence-corrected chi connectivity index (χ0v) is 8.31. The normalized spacial score (nSPS) is 24.4. The van der Waals surface area contributed by atoms with E-state index in [0.717, 1.165) is 24.6 Å². The van der Waals surface area contributed by atoms with Crippen LogP contribution in [0, 0.1) is 0 Å². The number of rotatable bonds is 1. The van der Waals surface area contributed by atoms with Crippen molar-refractivity contribution < 1.29 is 0 Å². The fourth-order valence-corrected chi connectivity index (χ4v) is 2.47. The summed E-state index contributed by atoms with van der Waals surface area (Å²) >= 11 is 7.75. The summed E-state index contributed by atoms with van der Waals surface area (Å²) in [6.07, 6.45) is 4.18. The van der Waals surface area contributed by atoms with Crippen LogP contribution in [-0.4, -0.2) is 23.5 Å². The molecular weight excluding hydrogens is 192 g/mol. The summed E-state index contributed by atoms with van der Waals surface area (Å²) in [7, 11) is 0. The average molecular weight is 203 g/mol. The standard InChI is InChI=1S/C8H11ClN2S/c9-7-2-1-4-11(6-7)8-10-3-5-12-8/h3,5,7H,1-2,4,6H2. The van der Waals surface area contributed by atoms with E-state index < -0.39 is 0 Å². The van der Waals surface area contributed by atoms with Crippen molar-refractivity contribution >= 4 is 28.1 Å². The maximum atomic E-state index is 6.06. The van der Waals surface area contributed by atoms with Crippen molar-refractivity contribution in [2.24, 2.45) is 0 Å². The van der Waals surface area contributed by atoms with Gasteiger partial charge < -0.3 is 4.90 Å². The van der Waals surface area contributed by atoms with Crippen molar-refractivity contribution in [2.75, 3.05) is 18.0 Å². The van der Waals surface area contributed by atoms with E-state index in [2.05, 4.69) is 9.88 Å². The van der Waals surface area contributed by atoms with Gasteiger partial charge in [-0.3, -0.25) is 0 Å². The second-order valence-electron chi connectivity index (χ2n) is 3.00. The number of aromatic nitrogens is 1. The molecule has 1 aliphatic rings. The van der Waals surface area contributed by atoms with E-state index in [-0.39, 0.29) is 0 Å². The monoisotopic (exact) mass is 202 g/mol. The molecule has 4 heteroatoms. The molecule has 0 N–H and O–H groups in total. The molecule has 2 nitrogen and oxygen atoms in total. The van der Waals surface area contributed by atoms with Crippen molar-refractivity contribution in [2.45, 2.75) is 18.2 Å². The molecule has 1 atom stereocenters. The molecule has 1 aliphatic heterocycles. The van der Waals surface area contributed by atoms with Crippen LogP contribution in [0.15, 0.2) is 11.6 Å². The van der Waals surface area contributed by atoms with Crippen LogP contribution in [0.2, 0.25) is 0 Å². The minimum Gasteiger partial charge on any atom is -0.347 e. The smallest absolute Gasteiger partial charge is 0.185 e. The first-order valence-corrected chi connectivity index (χ1v) is 5.46. The molecule has 2 heterocycles. The third kappa shape index (κ3) is 1.72. The molecule has 2 rings (SSSR count). The summed E-state index contributed by atoms with van der Waals surface area (Å²) in [6, 6.07) is 0. The summed E-state index contributed by atoms with van der Waals surface area (Å²) in [4.78, 5) is 6.53. The second-order valence-corrected chi connectivity index (χ2v) is 4.49. The Hall–Kier alpha value is -0.280. The van der Waals surface area contributed by atoms with E-state index >= 15 is 0 Å². The third-order valence-electron chi connectivity index (χ3n) is 2.05. The Bertz CT molecular complexity index is 237. The molecule has 0 bridgehead atoms. The van der Waals surface area contributed by atoms with Gasteiger partial charge >= 0.3 is 0 Å². The first kappa shape index (κ1) is 8.32. The molecule has 66 valence electrons. The molecule has 0 aromatic carbocycles. The lowest BCUT2D eigenvalue weighted by Crippen LogP contribution is -2.35. The van der Waals surface area contributed by atoms with Crippen LogP contribution in [0.3, 0.4) is 0 Å². The number of alkyl halides is 1. The number of hydrogen-bond acceptors (Lipinski definition) is 3. The molecule has 1 saturated heterocycles. The van der Waals surface area contributed by atoms with Crippen LogP contribution in [0.5, 0.6) is 0 Å². The lowest BCUT2D eigenvalue weighted by Gasteiger charge is -2.29. The summed E-state index contributed by atoms with van der Waals surface area (Å²) < 4.78 is 0. The number of piperidine rings is 1. The first-order valence-electron chi connectivity index (χ1n) is 4.15.